The smallest absolute Gasteiger partial charge is 0.0174 e. The minimum absolute atomic E-state index is 0.604. The number of fused-ring (bicyclic) bond motifs is 5. The average Bonchev–Trinajstić information content (AvgIpc) is 2.96. The van der Waals surface area contributed by atoms with Gasteiger partial charge in [-0.3, -0.25) is 0 Å². The van der Waals surface area contributed by atoms with Crippen LogP contribution in [0.25, 0.3) is 0 Å². The molecule has 0 heteroatoms. The molecule has 0 radical (unpaired) electrons. The molecule has 0 unspecified atom stereocenters. The lowest BCUT2D eigenvalue weighted by Crippen LogP contribution is -2.59. The summed E-state index contributed by atoms with van der Waals surface area (Å²) in [6.07, 6.45) is 17.3. The van der Waals surface area contributed by atoms with Gasteiger partial charge >= 0.3 is 0 Å². The summed E-state index contributed by atoms with van der Waals surface area (Å²) < 4.78 is 0. The van der Waals surface area contributed by atoms with Crippen LogP contribution in [-0.4, -0.2) is 0 Å². The van der Waals surface area contributed by atoms with Crippen molar-refractivity contribution in [2.75, 3.05) is 0 Å². The molecule has 0 spiro atoms. The standard InChI is InChI=1S/C27H46/c1-7-20-17-21-11-12-22-24-14-13-23(19(4)10-8-9-18(2)3)26(24,5)16-15-25(22)27(20,21)6/h7,18-25H,1,8-17H2,2-6H3/t19-,20+,21+,22+,23-,24+,25+,26-,27-/m1/s1. The molecule has 0 aromatic heterocycles. The van der Waals surface area contributed by atoms with Crippen molar-refractivity contribution in [1.82, 2.24) is 0 Å². The van der Waals surface area contributed by atoms with Crippen LogP contribution in [0, 0.1) is 58.2 Å². The predicted molar refractivity (Wildman–Crippen MR) is 118 cm³/mol. The Morgan fingerprint density at radius 1 is 0.963 bits per heavy atom. The Balaban J connectivity index is 1.47. The van der Waals surface area contributed by atoms with E-state index in [1.54, 1.807) is 6.42 Å². The van der Waals surface area contributed by atoms with Gasteiger partial charge < -0.3 is 0 Å². The first-order chi connectivity index (χ1) is 12.8. The minimum Gasteiger partial charge on any atom is -0.103 e. The van der Waals surface area contributed by atoms with Gasteiger partial charge in [-0.2, -0.15) is 0 Å². The Morgan fingerprint density at radius 2 is 1.74 bits per heavy atom. The highest BCUT2D eigenvalue weighted by Crippen LogP contribution is 2.71. The molecule has 4 saturated carbocycles. The summed E-state index contributed by atoms with van der Waals surface area (Å²) in [5.41, 5.74) is 1.25. The van der Waals surface area contributed by atoms with E-state index in [2.05, 4.69) is 47.3 Å². The third-order valence-electron chi connectivity index (χ3n) is 10.8. The van der Waals surface area contributed by atoms with Crippen LogP contribution in [0.1, 0.15) is 98.8 Å². The van der Waals surface area contributed by atoms with Gasteiger partial charge in [0.1, 0.15) is 0 Å². The highest BCUT2D eigenvalue weighted by molar-refractivity contribution is 5.16. The highest BCUT2D eigenvalue weighted by Gasteiger charge is 2.64. The summed E-state index contributed by atoms with van der Waals surface area (Å²) in [4.78, 5) is 0. The van der Waals surface area contributed by atoms with Crippen molar-refractivity contribution < 1.29 is 0 Å². The van der Waals surface area contributed by atoms with Gasteiger partial charge in [-0.25, -0.2) is 0 Å². The maximum atomic E-state index is 4.21. The van der Waals surface area contributed by atoms with Crippen molar-refractivity contribution in [2.24, 2.45) is 58.2 Å². The largest absolute Gasteiger partial charge is 0.103 e. The van der Waals surface area contributed by atoms with Gasteiger partial charge in [0.05, 0.1) is 0 Å². The van der Waals surface area contributed by atoms with Crippen LogP contribution in [0.15, 0.2) is 12.7 Å². The van der Waals surface area contributed by atoms with Gasteiger partial charge in [0.25, 0.3) is 0 Å². The van der Waals surface area contributed by atoms with Crippen LogP contribution in [0.3, 0.4) is 0 Å². The second-order valence-electron chi connectivity index (χ2n) is 12.1. The molecule has 0 amide bonds. The molecule has 0 nitrogen and oxygen atoms in total. The Bertz CT molecular complexity index is 546. The van der Waals surface area contributed by atoms with Gasteiger partial charge in [0, 0.05) is 0 Å². The van der Waals surface area contributed by atoms with Crippen LogP contribution in [-0.2, 0) is 0 Å². The number of hydrogen-bond acceptors (Lipinski definition) is 0. The fraction of sp³-hybridized carbons (Fsp3) is 0.926. The van der Waals surface area contributed by atoms with Crippen LogP contribution in [0.2, 0.25) is 0 Å². The van der Waals surface area contributed by atoms with Crippen LogP contribution in [0.4, 0.5) is 0 Å². The molecule has 0 bridgehead atoms. The number of hydrogen-bond donors (Lipinski definition) is 0. The topological polar surface area (TPSA) is 0 Å². The van der Waals surface area contributed by atoms with Crippen molar-refractivity contribution in [2.45, 2.75) is 98.8 Å². The van der Waals surface area contributed by atoms with Gasteiger partial charge in [-0.05, 0) is 103 Å². The Hall–Kier alpha value is -0.260. The van der Waals surface area contributed by atoms with E-state index >= 15 is 0 Å². The maximum Gasteiger partial charge on any atom is -0.0174 e. The first-order valence-corrected chi connectivity index (χ1v) is 12.4. The Labute approximate surface area is 170 Å². The van der Waals surface area contributed by atoms with E-state index in [4.69, 9.17) is 0 Å². The predicted octanol–water partition coefficient (Wildman–Crippen LogP) is 8.13. The van der Waals surface area contributed by atoms with Crippen molar-refractivity contribution in [3.63, 3.8) is 0 Å². The second-order valence-corrected chi connectivity index (χ2v) is 12.1. The highest BCUT2D eigenvalue weighted by atomic mass is 14.7. The SMILES string of the molecule is C=C[C@H]1C[C@@H]2CC[C@H]3[C@@H]4CC[C@H]([C@H](C)CCCC(C)C)[C@@]4(C)CC[C@@H]3[C@@]21C. The van der Waals surface area contributed by atoms with Gasteiger partial charge in [0.2, 0.25) is 0 Å². The van der Waals surface area contributed by atoms with Gasteiger partial charge in [-0.15, -0.1) is 6.58 Å². The third-order valence-corrected chi connectivity index (χ3v) is 10.8. The molecule has 0 aromatic rings. The van der Waals surface area contributed by atoms with Gasteiger partial charge in [-0.1, -0.05) is 60.0 Å². The molecule has 4 fully saturated rings. The molecule has 4 rings (SSSR count). The summed E-state index contributed by atoms with van der Waals surface area (Å²) in [5, 5.41) is 0. The van der Waals surface area contributed by atoms with E-state index in [1.165, 1.54) is 57.8 Å². The van der Waals surface area contributed by atoms with Crippen molar-refractivity contribution in [1.29, 1.82) is 0 Å². The number of allylic oxidation sites excluding steroid dienone is 1. The van der Waals surface area contributed by atoms with Crippen LogP contribution >= 0.6 is 0 Å². The summed E-state index contributed by atoms with van der Waals surface area (Å²) in [6.45, 7) is 17.0. The summed E-state index contributed by atoms with van der Waals surface area (Å²) >= 11 is 0. The molecule has 4 aliphatic rings. The van der Waals surface area contributed by atoms with E-state index in [0.29, 0.717) is 10.8 Å². The number of rotatable bonds is 6. The van der Waals surface area contributed by atoms with E-state index in [-0.39, 0.29) is 0 Å². The van der Waals surface area contributed by atoms with Crippen molar-refractivity contribution in [3.05, 3.63) is 12.7 Å². The molecule has 0 heterocycles. The fourth-order valence-corrected chi connectivity index (χ4v) is 9.19. The lowest BCUT2D eigenvalue weighted by Gasteiger charge is -2.66. The van der Waals surface area contributed by atoms with Crippen molar-refractivity contribution in [3.8, 4) is 0 Å². The molecule has 154 valence electrons. The van der Waals surface area contributed by atoms with Crippen LogP contribution < -0.4 is 0 Å². The summed E-state index contributed by atoms with van der Waals surface area (Å²) in [6, 6.07) is 0. The summed E-state index contributed by atoms with van der Waals surface area (Å²) in [5.74, 6) is 7.68. The molecular formula is C27H46. The first kappa shape index (κ1) is 20.0. The summed E-state index contributed by atoms with van der Waals surface area (Å²) in [7, 11) is 0. The van der Waals surface area contributed by atoms with E-state index in [9.17, 15) is 0 Å². The molecule has 0 aromatic carbocycles. The van der Waals surface area contributed by atoms with Crippen LogP contribution in [0.5, 0.6) is 0 Å². The molecule has 0 N–H and O–H groups in total. The zero-order valence-electron chi connectivity index (χ0n) is 19.0. The lowest BCUT2D eigenvalue weighted by molar-refractivity contribution is -0.168. The van der Waals surface area contributed by atoms with E-state index < -0.39 is 0 Å². The molecule has 4 aliphatic carbocycles. The lowest BCUT2D eigenvalue weighted by atomic mass is 9.38. The van der Waals surface area contributed by atoms with Crippen molar-refractivity contribution >= 4 is 0 Å². The normalized spacial score (nSPS) is 49.7. The Kier molecular flexibility index (Phi) is 5.35. The Morgan fingerprint density at radius 3 is 2.44 bits per heavy atom. The monoisotopic (exact) mass is 370 g/mol. The molecule has 0 aliphatic heterocycles. The molecular weight excluding hydrogens is 324 g/mol. The third kappa shape index (κ3) is 2.98. The molecule has 27 heavy (non-hydrogen) atoms. The fourth-order valence-electron chi connectivity index (χ4n) is 9.19. The van der Waals surface area contributed by atoms with E-state index in [1.807, 2.05) is 0 Å². The van der Waals surface area contributed by atoms with E-state index in [0.717, 1.165) is 47.3 Å². The average molecular weight is 371 g/mol. The molecule has 9 atom stereocenters. The quantitative estimate of drug-likeness (QED) is 0.414. The molecule has 0 saturated heterocycles. The second kappa shape index (κ2) is 7.21. The zero-order chi connectivity index (χ0) is 19.4. The first-order valence-electron chi connectivity index (χ1n) is 12.4. The zero-order valence-corrected chi connectivity index (χ0v) is 19.0. The maximum absolute atomic E-state index is 4.21. The van der Waals surface area contributed by atoms with Gasteiger partial charge in [0.15, 0.2) is 0 Å². The minimum atomic E-state index is 0.604.